The molecular formula is C18H21ClN2O5S. The maximum absolute atomic E-state index is 12.4. The molecule has 1 amide bonds. The van der Waals surface area contributed by atoms with E-state index >= 15 is 0 Å². The Bertz CT molecular complexity index is 900. The highest BCUT2D eigenvalue weighted by atomic mass is 35.5. The molecule has 2 aromatic rings. The molecule has 0 radical (unpaired) electrons. The number of amides is 1. The zero-order valence-electron chi connectivity index (χ0n) is 15.2. The number of rotatable bonds is 8. The molecule has 0 fully saturated rings. The van der Waals surface area contributed by atoms with Crippen molar-refractivity contribution >= 4 is 27.5 Å². The first kappa shape index (κ1) is 21.0. The van der Waals surface area contributed by atoms with E-state index in [9.17, 15) is 13.2 Å². The number of carbonyl (C=O) groups excluding carboxylic acids is 1. The van der Waals surface area contributed by atoms with Crippen LogP contribution in [-0.4, -0.2) is 34.6 Å². The van der Waals surface area contributed by atoms with Crippen molar-refractivity contribution in [2.24, 2.45) is 0 Å². The molecule has 0 aromatic heterocycles. The highest BCUT2D eigenvalue weighted by Crippen LogP contribution is 2.26. The lowest BCUT2D eigenvalue weighted by Crippen LogP contribution is -2.44. The van der Waals surface area contributed by atoms with Gasteiger partial charge in [-0.05, 0) is 42.8 Å². The predicted octanol–water partition coefficient (Wildman–Crippen LogP) is 2.34. The van der Waals surface area contributed by atoms with Gasteiger partial charge in [0.05, 0.1) is 30.2 Å². The van der Waals surface area contributed by atoms with Gasteiger partial charge in [-0.2, -0.15) is 4.72 Å². The number of ether oxygens (including phenoxy) is 2. The second-order valence-electron chi connectivity index (χ2n) is 5.71. The van der Waals surface area contributed by atoms with Gasteiger partial charge >= 0.3 is 0 Å². The molecular weight excluding hydrogens is 392 g/mol. The Labute approximate surface area is 163 Å². The number of carbonyl (C=O) groups is 1. The molecule has 0 saturated heterocycles. The first-order valence-electron chi connectivity index (χ1n) is 8.03. The summed E-state index contributed by atoms with van der Waals surface area (Å²) in [6.07, 6.45) is 0. The van der Waals surface area contributed by atoms with Crippen molar-refractivity contribution < 1.29 is 22.7 Å². The number of sulfonamides is 1. The average Bonchev–Trinajstić information content (AvgIpc) is 2.66. The molecule has 0 spiro atoms. The summed E-state index contributed by atoms with van der Waals surface area (Å²) in [6, 6.07) is 10.3. The fourth-order valence-corrected chi connectivity index (χ4v) is 3.81. The molecule has 0 aliphatic carbocycles. The van der Waals surface area contributed by atoms with Gasteiger partial charge < -0.3 is 14.8 Å². The van der Waals surface area contributed by atoms with Crippen molar-refractivity contribution in [1.82, 2.24) is 10.0 Å². The first-order valence-corrected chi connectivity index (χ1v) is 9.89. The van der Waals surface area contributed by atoms with Crippen LogP contribution < -0.4 is 19.5 Å². The van der Waals surface area contributed by atoms with E-state index in [-0.39, 0.29) is 16.5 Å². The topological polar surface area (TPSA) is 93.7 Å². The van der Waals surface area contributed by atoms with E-state index < -0.39 is 22.0 Å². The summed E-state index contributed by atoms with van der Waals surface area (Å²) in [5.74, 6) is 0.624. The van der Waals surface area contributed by atoms with Gasteiger partial charge in [0, 0.05) is 6.54 Å². The fourth-order valence-electron chi connectivity index (χ4n) is 2.25. The van der Waals surface area contributed by atoms with Crippen LogP contribution in [0.15, 0.2) is 47.4 Å². The molecule has 0 heterocycles. The summed E-state index contributed by atoms with van der Waals surface area (Å²) >= 11 is 5.97. The van der Waals surface area contributed by atoms with Crippen molar-refractivity contribution in [3.63, 3.8) is 0 Å². The number of methoxy groups -OCH3 is 2. The lowest BCUT2D eigenvalue weighted by Gasteiger charge is -2.15. The van der Waals surface area contributed by atoms with Crippen LogP contribution in [-0.2, 0) is 21.4 Å². The summed E-state index contributed by atoms with van der Waals surface area (Å²) in [5, 5.41) is 2.85. The molecule has 9 heteroatoms. The van der Waals surface area contributed by atoms with Gasteiger partial charge in [-0.1, -0.05) is 23.7 Å². The molecule has 146 valence electrons. The number of halogens is 1. The van der Waals surface area contributed by atoms with Gasteiger partial charge in [0.1, 0.15) is 11.5 Å². The molecule has 2 aromatic carbocycles. The molecule has 27 heavy (non-hydrogen) atoms. The minimum absolute atomic E-state index is 0.0527. The van der Waals surface area contributed by atoms with E-state index in [4.69, 9.17) is 21.1 Å². The lowest BCUT2D eigenvalue weighted by atomic mass is 10.2. The number of nitrogens with one attached hydrogen (secondary N) is 2. The summed E-state index contributed by atoms with van der Waals surface area (Å²) in [4.78, 5) is 12.2. The Hall–Kier alpha value is -2.29. The van der Waals surface area contributed by atoms with Crippen LogP contribution in [0.2, 0.25) is 5.02 Å². The van der Waals surface area contributed by atoms with Gasteiger partial charge in [-0.3, -0.25) is 4.79 Å². The van der Waals surface area contributed by atoms with E-state index in [1.165, 1.54) is 32.2 Å². The Kier molecular flexibility index (Phi) is 7.06. The van der Waals surface area contributed by atoms with Gasteiger partial charge in [-0.25, -0.2) is 8.42 Å². The Balaban J connectivity index is 1.98. The second kappa shape index (κ2) is 9.07. The van der Waals surface area contributed by atoms with E-state index in [1.54, 1.807) is 19.2 Å². The molecule has 0 aliphatic rings. The SMILES string of the molecule is COc1ccc(CNC(=O)[C@@H](C)NS(=O)(=O)c2ccc(OC)c(Cl)c2)cc1. The van der Waals surface area contributed by atoms with E-state index in [2.05, 4.69) is 10.0 Å². The molecule has 0 unspecified atom stereocenters. The van der Waals surface area contributed by atoms with Crippen molar-refractivity contribution in [1.29, 1.82) is 0 Å². The third-order valence-corrected chi connectivity index (χ3v) is 5.62. The van der Waals surface area contributed by atoms with E-state index in [0.29, 0.717) is 11.5 Å². The Morgan fingerprint density at radius 1 is 1.11 bits per heavy atom. The van der Waals surface area contributed by atoms with Crippen molar-refractivity contribution in [2.45, 2.75) is 24.4 Å². The summed E-state index contributed by atoms with van der Waals surface area (Å²) in [5.41, 5.74) is 0.862. The molecule has 1 atom stereocenters. The number of hydrogen-bond donors (Lipinski definition) is 2. The van der Waals surface area contributed by atoms with Crippen molar-refractivity contribution in [3.05, 3.63) is 53.1 Å². The lowest BCUT2D eigenvalue weighted by molar-refractivity contribution is -0.122. The normalized spacial score (nSPS) is 12.3. The van der Waals surface area contributed by atoms with Gasteiger partial charge in [0.2, 0.25) is 15.9 Å². The number of benzene rings is 2. The monoisotopic (exact) mass is 412 g/mol. The molecule has 7 nitrogen and oxygen atoms in total. The highest BCUT2D eigenvalue weighted by Gasteiger charge is 2.22. The second-order valence-corrected chi connectivity index (χ2v) is 7.83. The smallest absolute Gasteiger partial charge is 0.241 e. The predicted molar refractivity (Wildman–Crippen MR) is 103 cm³/mol. The first-order chi connectivity index (χ1) is 12.8. The number of hydrogen-bond acceptors (Lipinski definition) is 5. The van der Waals surface area contributed by atoms with E-state index in [1.807, 2.05) is 12.1 Å². The third-order valence-electron chi connectivity index (χ3n) is 3.78. The zero-order chi connectivity index (χ0) is 20.0. The molecule has 2 rings (SSSR count). The average molecular weight is 413 g/mol. The quantitative estimate of drug-likeness (QED) is 0.694. The molecule has 0 saturated carbocycles. The van der Waals surface area contributed by atoms with Crippen molar-refractivity contribution in [2.75, 3.05) is 14.2 Å². The van der Waals surface area contributed by atoms with Crippen LogP contribution in [0.4, 0.5) is 0 Å². The van der Waals surface area contributed by atoms with Crippen LogP contribution in [0, 0.1) is 0 Å². The van der Waals surface area contributed by atoms with Crippen LogP contribution >= 0.6 is 11.6 Å². The van der Waals surface area contributed by atoms with Gasteiger partial charge in [0.15, 0.2) is 0 Å². The highest BCUT2D eigenvalue weighted by molar-refractivity contribution is 7.89. The summed E-state index contributed by atoms with van der Waals surface area (Å²) < 4.78 is 37.3. The minimum atomic E-state index is -3.91. The molecule has 0 bridgehead atoms. The van der Waals surface area contributed by atoms with Crippen LogP contribution in [0.5, 0.6) is 11.5 Å². The molecule has 0 aliphatic heterocycles. The van der Waals surface area contributed by atoms with E-state index in [0.717, 1.165) is 5.56 Å². The van der Waals surface area contributed by atoms with Crippen LogP contribution in [0.1, 0.15) is 12.5 Å². The summed E-state index contributed by atoms with van der Waals surface area (Å²) in [6.45, 7) is 1.73. The minimum Gasteiger partial charge on any atom is -0.497 e. The standard InChI is InChI=1S/C18H21ClN2O5S/c1-12(18(22)20-11-13-4-6-14(25-2)7-5-13)21-27(23,24)15-8-9-17(26-3)16(19)10-15/h4-10,12,21H,11H2,1-3H3,(H,20,22)/t12-/m1/s1. The molecule has 2 N–H and O–H groups in total. The third kappa shape index (κ3) is 5.59. The van der Waals surface area contributed by atoms with Crippen LogP contribution in [0.3, 0.4) is 0 Å². The maximum atomic E-state index is 12.4. The Morgan fingerprint density at radius 3 is 2.33 bits per heavy atom. The van der Waals surface area contributed by atoms with Gasteiger partial charge in [0.25, 0.3) is 0 Å². The Morgan fingerprint density at radius 2 is 1.78 bits per heavy atom. The largest absolute Gasteiger partial charge is 0.497 e. The van der Waals surface area contributed by atoms with Crippen molar-refractivity contribution in [3.8, 4) is 11.5 Å². The van der Waals surface area contributed by atoms with Crippen LogP contribution in [0.25, 0.3) is 0 Å². The zero-order valence-corrected chi connectivity index (χ0v) is 16.7. The maximum Gasteiger partial charge on any atom is 0.241 e. The summed E-state index contributed by atoms with van der Waals surface area (Å²) in [7, 11) is -0.908. The van der Waals surface area contributed by atoms with Gasteiger partial charge in [-0.15, -0.1) is 0 Å². The fraction of sp³-hybridized carbons (Fsp3) is 0.278.